The van der Waals surface area contributed by atoms with Gasteiger partial charge in [-0.3, -0.25) is 9.59 Å². The van der Waals surface area contributed by atoms with Crippen molar-refractivity contribution in [3.05, 3.63) is 52.0 Å². The smallest absolute Gasteiger partial charge is 0.221 e. The molecule has 0 bridgehead atoms. The van der Waals surface area contributed by atoms with Crippen LogP contribution in [0.1, 0.15) is 22.8 Å². The zero-order valence-electron chi connectivity index (χ0n) is 13.0. The lowest BCUT2D eigenvalue weighted by atomic mass is 10.0. The maximum atomic E-state index is 12.8. The van der Waals surface area contributed by atoms with Crippen LogP contribution in [0.15, 0.2) is 40.9 Å². The van der Waals surface area contributed by atoms with Crippen molar-refractivity contribution in [1.29, 1.82) is 0 Å². The molecule has 0 aliphatic rings. The fourth-order valence-electron chi connectivity index (χ4n) is 2.15. The Morgan fingerprint density at radius 1 is 1.04 bits per heavy atom. The molecule has 2 rings (SSSR count). The Bertz CT molecular complexity index is 758. The second kappa shape index (κ2) is 7.28. The molecule has 2 aromatic carbocycles. The minimum atomic E-state index is -0.277. The number of hydrogen-bond donors (Lipinski definition) is 1. The van der Waals surface area contributed by atoms with E-state index in [1.807, 2.05) is 6.07 Å². The van der Waals surface area contributed by atoms with E-state index in [-0.39, 0.29) is 11.7 Å². The average Bonchev–Trinajstić information content (AvgIpc) is 2.53. The first-order chi connectivity index (χ1) is 11.0. The highest BCUT2D eigenvalue weighted by molar-refractivity contribution is 9.10. The van der Waals surface area contributed by atoms with Crippen LogP contribution >= 0.6 is 15.9 Å². The first-order valence-electron chi connectivity index (χ1n) is 6.80. The third kappa shape index (κ3) is 3.90. The fraction of sp³-hybridized carbons (Fsp3) is 0.176. The molecular formula is C17H16BrNO4. The van der Waals surface area contributed by atoms with Crippen LogP contribution in [0.3, 0.4) is 0 Å². The van der Waals surface area contributed by atoms with Gasteiger partial charge in [-0.15, -0.1) is 0 Å². The lowest BCUT2D eigenvalue weighted by Gasteiger charge is -2.14. The van der Waals surface area contributed by atoms with E-state index in [1.54, 1.807) is 30.3 Å². The van der Waals surface area contributed by atoms with Crippen molar-refractivity contribution in [3.63, 3.8) is 0 Å². The summed E-state index contributed by atoms with van der Waals surface area (Å²) >= 11 is 3.35. The standard InChI is InChI=1S/C17H16BrNO4/c1-10(20)19-14-9-16(23-3)15(22-2)8-13(14)17(21)11-5-4-6-12(18)7-11/h4-9H,1-3H3,(H,19,20). The van der Waals surface area contributed by atoms with E-state index in [2.05, 4.69) is 21.2 Å². The highest BCUT2D eigenvalue weighted by atomic mass is 79.9. The van der Waals surface area contributed by atoms with Crippen molar-refractivity contribution in [1.82, 2.24) is 0 Å². The van der Waals surface area contributed by atoms with E-state index in [1.165, 1.54) is 21.1 Å². The van der Waals surface area contributed by atoms with Crippen LogP contribution in [0.4, 0.5) is 5.69 Å². The molecule has 5 nitrogen and oxygen atoms in total. The monoisotopic (exact) mass is 377 g/mol. The SMILES string of the molecule is COc1cc(NC(C)=O)c(C(=O)c2cccc(Br)c2)cc1OC. The molecule has 0 atom stereocenters. The van der Waals surface area contributed by atoms with E-state index in [0.717, 1.165) is 4.47 Å². The molecule has 120 valence electrons. The summed E-state index contributed by atoms with van der Waals surface area (Å²) in [6, 6.07) is 10.2. The third-order valence-electron chi connectivity index (χ3n) is 3.17. The Balaban J connectivity index is 2.58. The fourth-order valence-corrected chi connectivity index (χ4v) is 2.54. The summed E-state index contributed by atoms with van der Waals surface area (Å²) < 4.78 is 11.3. The number of benzene rings is 2. The number of rotatable bonds is 5. The van der Waals surface area contributed by atoms with Crippen LogP contribution in [-0.2, 0) is 4.79 Å². The molecule has 2 aromatic rings. The second-order valence-corrected chi connectivity index (χ2v) is 5.69. The van der Waals surface area contributed by atoms with E-state index in [9.17, 15) is 9.59 Å². The summed E-state index contributed by atoms with van der Waals surface area (Å²) in [5, 5.41) is 2.66. The van der Waals surface area contributed by atoms with Crippen LogP contribution in [-0.4, -0.2) is 25.9 Å². The molecule has 0 aliphatic carbocycles. The van der Waals surface area contributed by atoms with E-state index >= 15 is 0 Å². The van der Waals surface area contributed by atoms with E-state index in [0.29, 0.717) is 28.3 Å². The van der Waals surface area contributed by atoms with Crippen LogP contribution in [0, 0.1) is 0 Å². The molecule has 0 saturated heterocycles. The molecule has 0 radical (unpaired) electrons. The van der Waals surface area contributed by atoms with Gasteiger partial charge in [-0.2, -0.15) is 0 Å². The Hall–Kier alpha value is -2.34. The third-order valence-corrected chi connectivity index (χ3v) is 3.66. The average molecular weight is 378 g/mol. The molecule has 0 aliphatic heterocycles. The van der Waals surface area contributed by atoms with Crippen molar-refractivity contribution in [3.8, 4) is 11.5 Å². The minimum Gasteiger partial charge on any atom is -0.493 e. The van der Waals surface area contributed by atoms with Crippen molar-refractivity contribution in [2.75, 3.05) is 19.5 Å². The summed E-state index contributed by atoms with van der Waals surface area (Å²) in [5.74, 6) is 0.346. The number of anilines is 1. The number of carbonyl (C=O) groups is 2. The first kappa shape index (κ1) is 17.0. The lowest BCUT2D eigenvalue weighted by Crippen LogP contribution is -2.12. The van der Waals surface area contributed by atoms with Gasteiger partial charge in [0, 0.05) is 23.0 Å². The Labute approximate surface area is 142 Å². The summed E-state index contributed by atoms with van der Waals surface area (Å²) in [7, 11) is 2.98. The number of ether oxygens (including phenoxy) is 2. The maximum absolute atomic E-state index is 12.8. The predicted octanol–water partition coefficient (Wildman–Crippen LogP) is 3.66. The van der Waals surface area contributed by atoms with Crippen molar-refractivity contribution < 1.29 is 19.1 Å². The summed E-state index contributed by atoms with van der Waals surface area (Å²) in [4.78, 5) is 24.2. The number of hydrogen-bond acceptors (Lipinski definition) is 4. The summed E-state index contributed by atoms with van der Waals surface area (Å²) in [6.45, 7) is 1.38. The van der Waals surface area contributed by atoms with Crippen LogP contribution in [0.25, 0.3) is 0 Å². The molecule has 1 N–H and O–H groups in total. The maximum Gasteiger partial charge on any atom is 0.221 e. The number of amides is 1. The number of methoxy groups -OCH3 is 2. The molecule has 0 saturated carbocycles. The van der Waals surface area contributed by atoms with Gasteiger partial charge in [0.1, 0.15) is 0 Å². The first-order valence-corrected chi connectivity index (χ1v) is 7.59. The van der Waals surface area contributed by atoms with E-state index in [4.69, 9.17) is 9.47 Å². The topological polar surface area (TPSA) is 64.6 Å². The highest BCUT2D eigenvalue weighted by Crippen LogP contribution is 2.34. The van der Waals surface area contributed by atoms with Gasteiger partial charge in [-0.25, -0.2) is 0 Å². The molecular weight excluding hydrogens is 362 g/mol. The van der Waals surface area contributed by atoms with Gasteiger partial charge in [0.05, 0.1) is 25.5 Å². The molecule has 0 aromatic heterocycles. The zero-order valence-corrected chi connectivity index (χ0v) is 14.6. The normalized spacial score (nSPS) is 10.1. The molecule has 23 heavy (non-hydrogen) atoms. The quantitative estimate of drug-likeness (QED) is 0.807. The number of ketones is 1. The molecule has 0 heterocycles. The summed E-state index contributed by atoms with van der Waals surface area (Å²) in [6.07, 6.45) is 0. The van der Waals surface area contributed by atoms with Crippen molar-refractivity contribution in [2.45, 2.75) is 6.92 Å². The molecule has 0 spiro atoms. The van der Waals surface area contributed by atoms with Crippen LogP contribution < -0.4 is 14.8 Å². The summed E-state index contributed by atoms with van der Waals surface area (Å²) in [5.41, 5.74) is 1.20. The Morgan fingerprint density at radius 2 is 1.70 bits per heavy atom. The van der Waals surface area contributed by atoms with Gasteiger partial charge in [0.15, 0.2) is 17.3 Å². The molecule has 1 amide bonds. The molecule has 0 unspecified atom stereocenters. The van der Waals surface area contributed by atoms with Crippen LogP contribution in [0.5, 0.6) is 11.5 Å². The number of nitrogens with one attached hydrogen (secondary N) is 1. The number of carbonyl (C=O) groups excluding carboxylic acids is 2. The van der Waals surface area contributed by atoms with Crippen LogP contribution in [0.2, 0.25) is 0 Å². The zero-order chi connectivity index (χ0) is 17.0. The largest absolute Gasteiger partial charge is 0.493 e. The molecule has 6 heteroatoms. The molecule has 0 fully saturated rings. The minimum absolute atomic E-state index is 0.226. The van der Waals surface area contributed by atoms with Gasteiger partial charge >= 0.3 is 0 Å². The van der Waals surface area contributed by atoms with Crippen molar-refractivity contribution in [2.24, 2.45) is 0 Å². The van der Waals surface area contributed by atoms with Gasteiger partial charge in [0.2, 0.25) is 5.91 Å². The van der Waals surface area contributed by atoms with Gasteiger partial charge < -0.3 is 14.8 Å². The Morgan fingerprint density at radius 3 is 2.26 bits per heavy atom. The lowest BCUT2D eigenvalue weighted by molar-refractivity contribution is -0.114. The predicted molar refractivity (Wildman–Crippen MR) is 91.4 cm³/mol. The van der Waals surface area contributed by atoms with E-state index < -0.39 is 0 Å². The Kier molecular flexibility index (Phi) is 5.39. The second-order valence-electron chi connectivity index (χ2n) is 4.77. The van der Waals surface area contributed by atoms with Gasteiger partial charge in [-0.05, 0) is 18.2 Å². The van der Waals surface area contributed by atoms with Crippen molar-refractivity contribution >= 4 is 33.3 Å². The van der Waals surface area contributed by atoms with Gasteiger partial charge in [-0.1, -0.05) is 28.1 Å². The number of halogens is 1. The highest BCUT2D eigenvalue weighted by Gasteiger charge is 2.19. The van der Waals surface area contributed by atoms with Gasteiger partial charge in [0.25, 0.3) is 0 Å².